The summed E-state index contributed by atoms with van der Waals surface area (Å²) in [6, 6.07) is 14.0. The van der Waals surface area contributed by atoms with Crippen LogP contribution in [0.5, 0.6) is 5.75 Å². The van der Waals surface area contributed by atoms with Crippen LogP contribution in [0.2, 0.25) is 0 Å². The van der Waals surface area contributed by atoms with Gasteiger partial charge in [-0.25, -0.2) is 9.90 Å². The molecule has 2 amide bonds. The molecule has 1 radical (unpaired) electrons. The Balaban J connectivity index is 1.91. The van der Waals surface area contributed by atoms with Gasteiger partial charge in [-0.3, -0.25) is 0 Å². The topological polar surface area (TPSA) is 70.3 Å². The Bertz CT molecular complexity index is 579. The van der Waals surface area contributed by atoms with Crippen molar-refractivity contribution in [3.8, 4) is 5.75 Å². The van der Waals surface area contributed by atoms with Crippen molar-refractivity contribution in [2.45, 2.75) is 6.42 Å². The van der Waals surface area contributed by atoms with Crippen molar-refractivity contribution < 1.29 is 14.6 Å². The number of amides is 2. The number of carbonyl (C=O) groups excluding carboxylic acids is 1. The lowest BCUT2D eigenvalue weighted by Crippen LogP contribution is -2.19. The second-order valence-electron chi connectivity index (χ2n) is 4.46. The first kappa shape index (κ1) is 14.9. The summed E-state index contributed by atoms with van der Waals surface area (Å²) < 4.78 is 5.05. The first-order valence-electron chi connectivity index (χ1n) is 6.60. The highest BCUT2D eigenvalue weighted by Crippen LogP contribution is 2.16. The SMILES string of the molecule is COc1ccc(NC(=O)Nc2ccc(CC[O])cc2)cc1. The molecule has 5 heteroatoms. The molecule has 5 nitrogen and oxygen atoms in total. The Kier molecular flexibility index (Phi) is 5.17. The molecule has 0 aromatic heterocycles. The molecule has 109 valence electrons. The highest BCUT2D eigenvalue weighted by molar-refractivity contribution is 5.99. The van der Waals surface area contributed by atoms with Crippen LogP contribution in [-0.2, 0) is 11.5 Å². The van der Waals surface area contributed by atoms with Gasteiger partial charge in [-0.05, 0) is 48.4 Å². The maximum absolute atomic E-state index is 11.8. The highest BCUT2D eigenvalue weighted by atomic mass is 16.5. The lowest BCUT2D eigenvalue weighted by atomic mass is 10.1. The number of urea groups is 1. The van der Waals surface area contributed by atoms with E-state index in [9.17, 15) is 9.90 Å². The van der Waals surface area contributed by atoms with Crippen LogP contribution in [0.15, 0.2) is 48.5 Å². The maximum atomic E-state index is 11.8. The monoisotopic (exact) mass is 285 g/mol. The van der Waals surface area contributed by atoms with Gasteiger partial charge in [0.15, 0.2) is 0 Å². The van der Waals surface area contributed by atoms with Crippen LogP contribution in [-0.4, -0.2) is 19.7 Å². The molecule has 2 aromatic rings. The van der Waals surface area contributed by atoms with E-state index in [1.807, 2.05) is 12.1 Å². The van der Waals surface area contributed by atoms with Gasteiger partial charge >= 0.3 is 6.03 Å². The van der Waals surface area contributed by atoms with Gasteiger partial charge < -0.3 is 15.4 Å². The van der Waals surface area contributed by atoms with Crippen molar-refractivity contribution in [1.29, 1.82) is 0 Å². The minimum absolute atomic E-state index is 0.134. The third-order valence-corrected chi connectivity index (χ3v) is 2.95. The second kappa shape index (κ2) is 7.31. The van der Waals surface area contributed by atoms with E-state index in [-0.39, 0.29) is 12.6 Å². The molecule has 0 aliphatic heterocycles. The summed E-state index contributed by atoms with van der Waals surface area (Å²) in [7, 11) is 1.59. The van der Waals surface area contributed by atoms with Crippen molar-refractivity contribution >= 4 is 17.4 Å². The van der Waals surface area contributed by atoms with Crippen LogP contribution in [0.3, 0.4) is 0 Å². The summed E-state index contributed by atoms with van der Waals surface area (Å²) in [5, 5.41) is 16.0. The highest BCUT2D eigenvalue weighted by Gasteiger charge is 2.03. The van der Waals surface area contributed by atoms with Crippen molar-refractivity contribution in [3.05, 3.63) is 54.1 Å². The van der Waals surface area contributed by atoms with Crippen LogP contribution >= 0.6 is 0 Å². The average molecular weight is 285 g/mol. The molecular formula is C16H17N2O3. The smallest absolute Gasteiger partial charge is 0.323 e. The average Bonchev–Trinajstić information content (AvgIpc) is 2.50. The van der Waals surface area contributed by atoms with Gasteiger partial charge in [0.2, 0.25) is 0 Å². The Hall–Kier alpha value is -2.53. The van der Waals surface area contributed by atoms with E-state index in [0.29, 0.717) is 17.8 Å². The quantitative estimate of drug-likeness (QED) is 0.884. The number of carbonyl (C=O) groups is 1. The minimum Gasteiger partial charge on any atom is -0.497 e. The molecule has 0 saturated heterocycles. The number of hydrogen-bond acceptors (Lipinski definition) is 2. The molecule has 0 saturated carbocycles. The number of anilines is 2. The molecule has 0 heterocycles. The fourth-order valence-corrected chi connectivity index (χ4v) is 1.84. The summed E-state index contributed by atoms with van der Waals surface area (Å²) >= 11 is 0. The van der Waals surface area contributed by atoms with Crippen LogP contribution in [0, 0.1) is 0 Å². The van der Waals surface area contributed by atoms with E-state index in [1.165, 1.54) is 0 Å². The summed E-state index contributed by atoms with van der Waals surface area (Å²) in [5.41, 5.74) is 2.32. The van der Waals surface area contributed by atoms with Crippen LogP contribution in [0.25, 0.3) is 0 Å². The van der Waals surface area contributed by atoms with Gasteiger partial charge in [-0.1, -0.05) is 12.1 Å². The van der Waals surface area contributed by atoms with Crippen LogP contribution in [0.1, 0.15) is 5.56 Å². The predicted molar refractivity (Wildman–Crippen MR) is 81.3 cm³/mol. The molecule has 0 fully saturated rings. The lowest BCUT2D eigenvalue weighted by Gasteiger charge is -2.08. The van der Waals surface area contributed by atoms with Gasteiger partial charge in [0.25, 0.3) is 0 Å². The van der Waals surface area contributed by atoms with Crippen molar-refractivity contribution in [1.82, 2.24) is 0 Å². The zero-order valence-electron chi connectivity index (χ0n) is 11.8. The number of hydrogen-bond donors (Lipinski definition) is 2. The molecule has 0 aliphatic carbocycles. The number of methoxy groups -OCH3 is 1. The number of rotatable bonds is 5. The van der Waals surface area contributed by atoms with E-state index in [0.717, 1.165) is 11.3 Å². The number of nitrogens with one attached hydrogen (secondary N) is 2. The number of ether oxygens (including phenoxy) is 1. The Morgan fingerprint density at radius 1 is 0.952 bits per heavy atom. The van der Waals surface area contributed by atoms with Gasteiger partial charge in [0.05, 0.1) is 13.7 Å². The van der Waals surface area contributed by atoms with E-state index in [1.54, 1.807) is 43.5 Å². The molecule has 0 spiro atoms. The van der Waals surface area contributed by atoms with Gasteiger partial charge in [0, 0.05) is 11.4 Å². The zero-order chi connectivity index (χ0) is 15.1. The van der Waals surface area contributed by atoms with E-state index >= 15 is 0 Å². The predicted octanol–water partition coefficient (Wildman–Crippen LogP) is 3.31. The van der Waals surface area contributed by atoms with Crippen molar-refractivity contribution in [2.75, 3.05) is 24.4 Å². The standard InChI is InChI=1S/C16H17N2O3/c1-21-15-8-6-14(7-9-15)18-16(20)17-13-4-2-12(3-5-13)10-11-19/h2-9H,10-11H2,1H3,(H2,17,18,20). The summed E-state index contributed by atoms with van der Waals surface area (Å²) in [5.74, 6) is 0.731. The Morgan fingerprint density at radius 3 is 1.95 bits per heavy atom. The Labute approximate surface area is 123 Å². The third kappa shape index (κ3) is 4.50. The first-order chi connectivity index (χ1) is 10.2. The van der Waals surface area contributed by atoms with Gasteiger partial charge in [-0.15, -0.1) is 0 Å². The third-order valence-electron chi connectivity index (χ3n) is 2.95. The molecule has 2 rings (SSSR count). The van der Waals surface area contributed by atoms with Crippen LogP contribution < -0.4 is 15.4 Å². The van der Waals surface area contributed by atoms with Crippen molar-refractivity contribution in [3.63, 3.8) is 0 Å². The van der Waals surface area contributed by atoms with E-state index in [4.69, 9.17) is 4.74 Å². The largest absolute Gasteiger partial charge is 0.497 e. The molecule has 0 atom stereocenters. The van der Waals surface area contributed by atoms with Gasteiger partial charge in [0.1, 0.15) is 5.75 Å². The number of benzene rings is 2. The molecular weight excluding hydrogens is 268 g/mol. The first-order valence-corrected chi connectivity index (χ1v) is 6.60. The fraction of sp³-hybridized carbons (Fsp3) is 0.188. The molecule has 0 aliphatic rings. The second-order valence-corrected chi connectivity index (χ2v) is 4.46. The summed E-state index contributed by atoms with van der Waals surface area (Å²) in [6.07, 6.45) is 0.498. The Morgan fingerprint density at radius 2 is 1.48 bits per heavy atom. The molecule has 0 unspecified atom stereocenters. The lowest BCUT2D eigenvalue weighted by molar-refractivity contribution is 0.197. The molecule has 2 N–H and O–H groups in total. The fourth-order valence-electron chi connectivity index (χ4n) is 1.84. The summed E-state index contributed by atoms with van der Waals surface area (Å²) in [6.45, 7) is -0.134. The molecule has 21 heavy (non-hydrogen) atoms. The summed E-state index contributed by atoms with van der Waals surface area (Å²) in [4.78, 5) is 11.8. The minimum atomic E-state index is -0.322. The molecule has 2 aromatic carbocycles. The zero-order valence-corrected chi connectivity index (χ0v) is 11.8. The van der Waals surface area contributed by atoms with Crippen LogP contribution in [0.4, 0.5) is 16.2 Å². The van der Waals surface area contributed by atoms with Crippen molar-refractivity contribution in [2.24, 2.45) is 0 Å². The maximum Gasteiger partial charge on any atom is 0.323 e. The normalized spacial score (nSPS) is 10.0. The van der Waals surface area contributed by atoms with Gasteiger partial charge in [-0.2, -0.15) is 0 Å². The molecule has 0 bridgehead atoms. The van der Waals surface area contributed by atoms with E-state index < -0.39 is 0 Å². The van der Waals surface area contributed by atoms with E-state index in [2.05, 4.69) is 10.6 Å².